The Morgan fingerprint density at radius 3 is 2.93 bits per heavy atom. The fraction of sp³-hybridized carbons (Fsp3) is 0.389. The zero-order valence-electron chi connectivity index (χ0n) is 15.2. The smallest absolute Gasteiger partial charge is 0.280 e. The number of aromatic nitrogens is 5. The third-order valence-corrected chi connectivity index (χ3v) is 4.74. The lowest BCUT2D eigenvalue weighted by molar-refractivity contribution is 0.0671. The number of halogens is 2. The molecule has 1 aliphatic heterocycles. The van der Waals surface area contributed by atoms with Crippen molar-refractivity contribution in [3.05, 3.63) is 47.4 Å². The number of hydrogen-bond acceptors (Lipinski definition) is 6. The highest BCUT2D eigenvalue weighted by Crippen LogP contribution is 2.24. The van der Waals surface area contributed by atoms with Gasteiger partial charge in [0.05, 0.1) is 12.2 Å². The van der Waals surface area contributed by atoms with Crippen molar-refractivity contribution in [2.24, 2.45) is 0 Å². The number of piperidine rings is 1. The molecule has 3 aromatic rings. The van der Waals surface area contributed by atoms with E-state index in [1.807, 2.05) is 6.92 Å². The summed E-state index contributed by atoms with van der Waals surface area (Å²) >= 11 is 0. The summed E-state index contributed by atoms with van der Waals surface area (Å²) in [4.78, 5) is 18.5. The van der Waals surface area contributed by atoms with Crippen LogP contribution in [0.5, 0.6) is 0 Å². The number of likely N-dealkylation sites (tertiary alicyclic amines) is 1. The van der Waals surface area contributed by atoms with Gasteiger partial charge in [0.2, 0.25) is 0 Å². The maximum Gasteiger partial charge on any atom is 0.280 e. The molecule has 1 unspecified atom stereocenters. The molecule has 0 bridgehead atoms. The average Bonchev–Trinajstić information content (AvgIpc) is 3.39. The summed E-state index contributed by atoms with van der Waals surface area (Å²) in [7, 11) is 0. The molecule has 0 N–H and O–H groups in total. The molecule has 28 heavy (non-hydrogen) atoms. The van der Waals surface area contributed by atoms with Crippen LogP contribution in [0.3, 0.4) is 0 Å². The van der Waals surface area contributed by atoms with Gasteiger partial charge in [-0.3, -0.25) is 4.79 Å². The largest absolute Gasteiger partial charge is 0.336 e. The molecule has 1 fully saturated rings. The van der Waals surface area contributed by atoms with Crippen LogP contribution < -0.4 is 0 Å². The SMILES string of the molecule is CCc1noc(-c2cn(C3CCCN(C(=O)c4ccc(F)c(F)c4)C3)nn2)n1. The molecule has 2 aromatic heterocycles. The number of hydrogen-bond donors (Lipinski definition) is 0. The summed E-state index contributed by atoms with van der Waals surface area (Å²) in [5.74, 6) is -1.46. The third kappa shape index (κ3) is 3.49. The highest BCUT2D eigenvalue weighted by atomic mass is 19.2. The van der Waals surface area contributed by atoms with Gasteiger partial charge in [0.1, 0.15) is 0 Å². The van der Waals surface area contributed by atoms with Crippen molar-refractivity contribution < 1.29 is 18.1 Å². The first-order chi connectivity index (χ1) is 13.5. The molecule has 1 atom stereocenters. The van der Waals surface area contributed by atoms with Crippen molar-refractivity contribution >= 4 is 5.91 Å². The number of carbonyl (C=O) groups is 1. The first-order valence-electron chi connectivity index (χ1n) is 9.04. The van der Waals surface area contributed by atoms with E-state index in [2.05, 4.69) is 20.5 Å². The minimum absolute atomic E-state index is 0.0854. The van der Waals surface area contributed by atoms with Crippen LogP contribution in [0.2, 0.25) is 0 Å². The lowest BCUT2D eigenvalue weighted by atomic mass is 10.0. The third-order valence-electron chi connectivity index (χ3n) is 4.74. The first-order valence-corrected chi connectivity index (χ1v) is 9.04. The van der Waals surface area contributed by atoms with Gasteiger partial charge < -0.3 is 9.42 Å². The summed E-state index contributed by atoms with van der Waals surface area (Å²) in [6.07, 6.45) is 3.94. The Labute approximate surface area is 159 Å². The molecule has 1 saturated heterocycles. The maximum atomic E-state index is 13.5. The Bertz CT molecular complexity index is 1000. The monoisotopic (exact) mass is 388 g/mol. The zero-order chi connectivity index (χ0) is 19.7. The molecular weight excluding hydrogens is 370 g/mol. The van der Waals surface area contributed by atoms with E-state index in [9.17, 15) is 13.6 Å². The predicted octanol–water partition coefficient (Wildman–Crippen LogP) is 2.65. The number of nitrogens with zero attached hydrogens (tertiary/aromatic N) is 6. The molecule has 0 saturated carbocycles. The van der Waals surface area contributed by atoms with Gasteiger partial charge in [-0.25, -0.2) is 13.5 Å². The summed E-state index contributed by atoms with van der Waals surface area (Å²) in [6.45, 7) is 2.86. The topological polar surface area (TPSA) is 89.9 Å². The van der Waals surface area contributed by atoms with Gasteiger partial charge in [-0.2, -0.15) is 4.98 Å². The van der Waals surface area contributed by atoms with Gasteiger partial charge in [-0.1, -0.05) is 17.3 Å². The minimum atomic E-state index is -1.04. The molecule has 3 heterocycles. The molecule has 8 nitrogen and oxygen atoms in total. The van der Waals surface area contributed by atoms with Crippen molar-refractivity contribution in [2.45, 2.75) is 32.2 Å². The molecule has 0 radical (unpaired) electrons. The van der Waals surface area contributed by atoms with Crippen LogP contribution in [0, 0.1) is 11.6 Å². The number of rotatable bonds is 4. The second-order valence-electron chi connectivity index (χ2n) is 6.63. The molecule has 10 heteroatoms. The van der Waals surface area contributed by atoms with E-state index in [-0.39, 0.29) is 17.5 Å². The van der Waals surface area contributed by atoms with Gasteiger partial charge >= 0.3 is 0 Å². The number of benzene rings is 1. The van der Waals surface area contributed by atoms with E-state index < -0.39 is 11.6 Å². The molecule has 1 aromatic carbocycles. The Hall–Kier alpha value is -3.17. The highest BCUT2D eigenvalue weighted by Gasteiger charge is 2.27. The van der Waals surface area contributed by atoms with Crippen LogP contribution in [0.4, 0.5) is 8.78 Å². The maximum absolute atomic E-state index is 13.5. The molecule has 146 valence electrons. The van der Waals surface area contributed by atoms with Crippen LogP contribution in [-0.4, -0.2) is 49.0 Å². The Kier molecular flexibility index (Phi) is 4.84. The molecule has 0 spiro atoms. The Morgan fingerprint density at radius 2 is 2.18 bits per heavy atom. The Balaban J connectivity index is 1.49. The number of aryl methyl sites for hydroxylation is 1. The highest BCUT2D eigenvalue weighted by molar-refractivity contribution is 5.94. The van der Waals surface area contributed by atoms with E-state index in [1.54, 1.807) is 15.8 Å². The van der Waals surface area contributed by atoms with Crippen molar-refractivity contribution in [2.75, 3.05) is 13.1 Å². The lowest BCUT2D eigenvalue weighted by Crippen LogP contribution is -2.40. The van der Waals surface area contributed by atoms with Crippen molar-refractivity contribution in [3.8, 4) is 11.6 Å². The van der Waals surface area contributed by atoms with Gasteiger partial charge in [-0.15, -0.1) is 5.10 Å². The van der Waals surface area contributed by atoms with Crippen molar-refractivity contribution in [1.82, 2.24) is 30.0 Å². The minimum Gasteiger partial charge on any atom is -0.336 e. The predicted molar refractivity (Wildman–Crippen MR) is 93.2 cm³/mol. The zero-order valence-corrected chi connectivity index (χ0v) is 15.2. The number of amides is 1. The van der Waals surface area contributed by atoms with Gasteiger partial charge in [0.15, 0.2) is 23.2 Å². The summed E-state index contributed by atoms with van der Waals surface area (Å²) < 4.78 is 33.4. The summed E-state index contributed by atoms with van der Waals surface area (Å²) in [6, 6.07) is 3.09. The van der Waals surface area contributed by atoms with Crippen LogP contribution in [0.25, 0.3) is 11.6 Å². The van der Waals surface area contributed by atoms with E-state index in [0.717, 1.165) is 25.0 Å². The quantitative estimate of drug-likeness (QED) is 0.683. The van der Waals surface area contributed by atoms with Crippen LogP contribution in [0.1, 0.15) is 42.0 Å². The van der Waals surface area contributed by atoms with Crippen molar-refractivity contribution in [3.63, 3.8) is 0 Å². The van der Waals surface area contributed by atoms with E-state index in [0.29, 0.717) is 36.9 Å². The van der Waals surface area contributed by atoms with E-state index >= 15 is 0 Å². The molecule has 1 aliphatic rings. The van der Waals surface area contributed by atoms with Gasteiger partial charge in [0, 0.05) is 25.1 Å². The van der Waals surface area contributed by atoms with Gasteiger partial charge in [-0.05, 0) is 31.0 Å². The molecule has 4 rings (SSSR count). The lowest BCUT2D eigenvalue weighted by Gasteiger charge is -2.32. The normalized spacial score (nSPS) is 17.1. The van der Waals surface area contributed by atoms with Crippen LogP contribution in [0.15, 0.2) is 28.9 Å². The second-order valence-corrected chi connectivity index (χ2v) is 6.63. The van der Waals surface area contributed by atoms with E-state index in [1.165, 1.54) is 6.07 Å². The van der Waals surface area contributed by atoms with E-state index in [4.69, 9.17) is 4.52 Å². The molecular formula is C18H18F2N6O2. The number of carbonyl (C=O) groups excluding carboxylic acids is 1. The average molecular weight is 388 g/mol. The molecule has 0 aliphatic carbocycles. The summed E-state index contributed by atoms with van der Waals surface area (Å²) in [5, 5.41) is 12.1. The first kappa shape index (κ1) is 18.2. The fourth-order valence-corrected chi connectivity index (χ4v) is 3.22. The van der Waals surface area contributed by atoms with Crippen LogP contribution in [-0.2, 0) is 6.42 Å². The van der Waals surface area contributed by atoms with Crippen molar-refractivity contribution in [1.29, 1.82) is 0 Å². The summed E-state index contributed by atoms with van der Waals surface area (Å²) in [5.41, 5.74) is 0.591. The standard InChI is InChI=1S/C18H18F2N6O2/c1-2-16-21-17(28-23-16)15-10-26(24-22-15)12-4-3-7-25(9-12)18(27)11-5-6-13(19)14(20)8-11/h5-6,8,10,12H,2-4,7,9H2,1H3. The second kappa shape index (κ2) is 7.45. The molecule has 1 amide bonds. The Morgan fingerprint density at radius 1 is 1.32 bits per heavy atom. The fourth-order valence-electron chi connectivity index (χ4n) is 3.22. The van der Waals surface area contributed by atoms with Gasteiger partial charge in [0.25, 0.3) is 11.8 Å². The van der Waals surface area contributed by atoms with Crippen LogP contribution >= 0.6 is 0 Å².